The molecule has 0 aliphatic carbocycles. The van der Waals surface area contributed by atoms with E-state index in [9.17, 15) is 8.78 Å². The molecule has 4 nitrogen and oxygen atoms in total. The average molecular weight is 252 g/mol. The molecule has 0 amide bonds. The Morgan fingerprint density at radius 2 is 2.11 bits per heavy atom. The van der Waals surface area contributed by atoms with Crippen molar-refractivity contribution in [2.45, 2.75) is 25.8 Å². The Morgan fingerprint density at radius 3 is 2.78 bits per heavy atom. The summed E-state index contributed by atoms with van der Waals surface area (Å²) in [6.45, 7) is 2.03. The molecule has 1 aromatic carbocycles. The van der Waals surface area contributed by atoms with E-state index in [0.717, 1.165) is 25.0 Å². The lowest BCUT2D eigenvalue weighted by molar-refractivity contribution is 0.507. The third-order valence-electron chi connectivity index (χ3n) is 2.66. The average Bonchev–Trinajstić information content (AvgIpc) is 2.82. The highest BCUT2D eigenvalue weighted by molar-refractivity contribution is 5.31. The molecule has 0 spiro atoms. The van der Waals surface area contributed by atoms with Gasteiger partial charge in [0.2, 0.25) is 0 Å². The molecule has 6 heteroatoms. The van der Waals surface area contributed by atoms with Crippen LogP contribution in [0.25, 0.3) is 5.69 Å². The highest BCUT2D eigenvalue weighted by Crippen LogP contribution is 2.16. The zero-order valence-electron chi connectivity index (χ0n) is 9.98. The molecule has 1 unspecified atom stereocenters. The topological polar surface area (TPSA) is 56.7 Å². The van der Waals surface area contributed by atoms with Crippen LogP contribution in [0, 0.1) is 11.6 Å². The second kappa shape index (κ2) is 5.22. The summed E-state index contributed by atoms with van der Waals surface area (Å²) in [6, 6.07) is 3.37. The fraction of sp³-hybridized carbons (Fsp3) is 0.333. The molecule has 1 heterocycles. The molecule has 96 valence electrons. The van der Waals surface area contributed by atoms with Gasteiger partial charge in [-0.2, -0.15) is 0 Å². The Morgan fingerprint density at radius 1 is 1.33 bits per heavy atom. The van der Waals surface area contributed by atoms with Gasteiger partial charge in [-0.15, -0.1) is 5.10 Å². The number of nitrogens with zero attached hydrogens (tertiary/aromatic N) is 3. The minimum absolute atomic E-state index is 0.186. The predicted octanol–water partition coefficient (Wildman–Crippen LogP) is 2.35. The van der Waals surface area contributed by atoms with Crippen LogP contribution >= 0.6 is 0 Å². The fourth-order valence-corrected chi connectivity index (χ4v) is 1.66. The number of hydrogen-bond donors (Lipinski definition) is 1. The van der Waals surface area contributed by atoms with E-state index in [0.29, 0.717) is 11.4 Å². The van der Waals surface area contributed by atoms with Crippen LogP contribution in [0.15, 0.2) is 24.4 Å². The molecular formula is C12H14F2N4. The van der Waals surface area contributed by atoms with Crippen molar-refractivity contribution in [2.75, 3.05) is 0 Å². The Hall–Kier alpha value is -1.82. The van der Waals surface area contributed by atoms with E-state index in [2.05, 4.69) is 10.3 Å². The van der Waals surface area contributed by atoms with E-state index in [4.69, 9.17) is 5.73 Å². The van der Waals surface area contributed by atoms with Gasteiger partial charge in [0.1, 0.15) is 0 Å². The molecule has 2 aromatic rings. The summed E-state index contributed by atoms with van der Waals surface area (Å²) in [6.07, 6.45) is 3.38. The first-order valence-electron chi connectivity index (χ1n) is 5.75. The summed E-state index contributed by atoms with van der Waals surface area (Å²) in [5, 5.41) is 7.79. The third-order valence-corrected chi connectivity index (χ3v) is 2.66. The summed E-state index contributed by atoms with van der Waals surface area (Å²) in [5.41, 5.74) is 6.95. The highest BCUT2D eigenvalue weighted by Gasteiger charge is 2.11. The van der Waals surface area contributed by atoms with Crippen LogP contribution in [0.4, 0.5) is 8.78 Å². The van der Waals surface area contributed by atoms with E-state index in [1.807, 2.05) is 6.92 Å². The van der Waals surface area contributed by atoms with Gasteiger partial charge in [-0.1, -0.05) is 18.6 Å². The van der Waals surface area contributed by atoms with Gasteiger partial charge in [-0.3, -0.25) is 0 Å². The van der Waals surface area contributed by atoms with Gasteiger partial charge in [0.05, 0.1) is 23.6 Å². The zero-order valence-corrected chi connectivity index (χ0v) is 9.98. The molecule has 0 bridgehead atoms. The van der Waals surface area contributed by atoms with Gasteiger partial charge in [-0.25, -0.2) is 13.5 Å². The first-order valence-corrected chi connectivity index (χ1v) is 5.75. The number of halogens is 2. The van der Waals surface area contributed by atoms with Gasteiger partial charge in [-0.05, 0) is 18.6 Å². The molecule has 18 heavy (non-hydrogen) atoms. The van der Waals surface area contributed by atoms with E-state index < -0.39 is 11.6 Å². The van der Waals surface area contributed by atoms with Crippen LogP contribution in [0.5, 0.6) is 0 Å². The van der Waals surface area contributed by atoms with Crippen molar-refractivity contribution < 1.29 is 8.78 Å². The molecule has 0 fully saturated rings. The van der Waals surface area contributed by atoms with Crippen molar-refractivity contribution >= 4 is 0 Å². The maximum atomic E-state index is 13.1. The molecule has 2 rings (SSSR count). The summed E-state index contributed by atoms with van der Waals surface area (Å²) in [4.78, 5) is 0. The van der Waals surface area contributed by atoms with E-state index >= 15 is 0 Å². The summed E-state index contributed by atoms with van der Waals surface area (Å²) in [7, 11) is 0. The monoisotopic (exact) mass is 252 g/mol. The van der Waals surface area contributed by atoms with Crippen LogP contribution in [0.2, 0.25) is 0 Å². The lowest BCUT2D eigenvalue weighted by Crippen LogP contribution is -2.10. The Bertz CT molecular complexity index is 539. The Labute approximate surface area is 103 Å². The van der Waals surface area contributed by atoms with Gasteiger partial charge in [0.15, 0.2) is 11.6 Å². The van der Waals surface area contributed by atoms with Crippen LogP contribution in [-0.4, -0.2) is 15.0 Å². The van der Waals surface area contributed by atoms with Crippen LogP contribution in [-0.2, 0) is 0 Å². The largest absolute Gasteiger partial charge is 0.323 e. The molecule has 0 aliphatic rings. The highest BCUT2D eigenvalue weighted by atomic mass is 19.2. The van der Waals surface area contributed by atoms with Crippen molar-refractivity contribution in [3.05, 3.63) is 41.7 Å². The molecule has 1 aromatic heterocycles. The van der Waals surface area contributed by atoms with Gasteiger partial charge in [0, 0.05) is 6.07 Å². The van der Waals surface area contributed by atoms with Crippen molar-refractivity contribution in [3.63, 3.8) is 0 Å². The zero-order chi connectivity index (χ0) is 13.1. The molecule has 0 radical (unpaired) electrons. The standard InChI is InChI=1S/C12H14F2N4/c1-2-3-11(15)12-7-18(17-16-12)8-4-5-9(13)10(14)6-8/h4-7,11H,2-3,15H2,1H3. The van der Waals surface area contributed by atoms with Gasteiger partial charge >= 0.3 is 0 Å². The smallest absolute Gasteiger partial charge is 0.160 e. The predicted molar refractivity (Wildman–Crippen MR) is 63.1 cm³/mol. The minimum Gasteiger partial charge on any atom is -0.323 e. The first kappa shape index (κ1) is 12.6. The van der Waals surface area contributed by atoms with E-state index in [1.165, 1.54) is 10.7 Å². The summed E-state index contributed by atoms with van der Waals surface area (Å²) in [5.74, 6) is -1.80. The fourth-order valence-electron chi connectivity index (χ4n) is 1.66. The molecule has 0 saturated heterocycles. The van der Waals surface area contributed by atoms with Crippen molar-refractivity contribution in [1.82, 2.24) is 15.0 Å². The summed E-state index contributed by atoms with van der Waals surface area (Å²) >= 11 is 0. The van der Waals surface area contributed by atoms with Crippen molar-refractivity contribution in [3.8, 4) is 5.69 Å². The Kier molecular flexibility index (Phi) is 3.66. The quantitative estimate of drug-likeness (QED) is 0.908. The van der Waals surface area contributed by atoms with Crippen molar-refractivity contribution in [2.24, 2.45) is 5.73 Å². The molecule has 1 atom stereocenters. The summed E-state index contributed by atoms with van der Waals surface area (Å²) < 4.78 is 27.3. The maximum Gasteiger partial charge on any atom is 0.160 e. The van der Waals surface area contributed by atoms with E-state index in [1.54, 1.807) is 6.20 Å². The van der Waals surface area contributed by atoms with E-state index in [-0.39, 0.29) is 6.04 Å². The number of aromatic nitrogens is 3. The molecule has 2 N–H and O–H groups in total. The van der Waals surface area contributed by atoms with Crippen molar-refractivity contribution in [1.29, 1.82) is 0 Å². The first-order chi connectivity index (χ1) is 8.61. The van der Waals surface area contributed by atoms with Crippen LogP contribution in [0.1, 0.15) is 31.5 Å². The molecule has 0 saturated carbocycles. The minimum atomic E-state index is -0.914. The third kappa shape index (κ3) is 2.53. The number of nitrogens with two attached hydrogens (primary N) is 1. The molecule has 0 aliphatic heterocycles. The second-order valence-electron chi connectivity index (χ2n) is 4.08. The number of rotatable bonds is 4. The normalized spacial score (nSPS) is 12.7. The Balaban J connectivity index is 2.26. The van der Waals surface area contributed by atoms with Crippen LogP contribution in [0.3, 0.4) is 0 Å². The van der Waals surface area contributed by atoms with Gasteiger partial charge < -0.3 is 5.73 Å². The van der Waals surface area contributed by atoms with Crippen LogP contribution < -0.4 is 5.73 Å². The number of hydrogen-bond acceptors (Lipinski definition) is 3. The maximum absolute atomic E-state index is 13.1. The number of benzene rings is 1. The SMILES string of the molecule is CCCC(N)c1cn(-c2ccc(F)c(F)c2)nn1. The molecular weight excluding hydrogens is 238 g/mol. The van der Waals surface area contributed by atoms with Gasteiger partial charge in [0.25, 0.3) is 0 Å². The second-order valence-corrected chi connectivity index (χ2v) is 4.08. The lowest BCUT2D eigenvalue weighted by Gasteiger charge is -2.04. The lowest BCUT2D eigenvalue weighted by atomic mass is 10.1.